The Morgan fingerprint density at radius 2 is 1.91 bits per heavy atom. The maximum Gasteiger partial charge on any atom is 0.246 e. The summed E-state index contributed by atoms with van der Waals surface area (Å²) in [5.74, 6) is 0.0248. The minimum Gasteiger partial charge on any atom is -0.492 e. The molecule has 3 aromatic rings. The van der Waals surface area contributed by atoms with Gasteiger partial charge in [-0.25, -0.2) is 13.4 Å². The summed E-state index contributed by atoms with van der Waals surface area (Å²) in [4.78, 5) is 18.5. The van der Waals surface area contributed by atoms with Crippen LogP contribution in [-0.4, -0.2) is 61.3 Å². The van der Waals surface area contributed by atoms with E-state index in [4.69, 9.17) is 9.72 Å². The number of hydrogen-bond acceptors (Lipinski definition) is 7. The summed E-state index contributed by atoms with van der Waals surface area (Å²) in [6.45, 7) is 7.59. The van der Waals surface area contributed by atoms with Crippen LogP contribution in [0, 0.1) is 0 Å². The second kappa shape index (κ2) is 9.76. The van der Waals surface area contributed by atoms with Gasteiger partial charge in [-0.1, -0.05) is 12.1 Å². The zero-order valence-corrected chi connectivity index (χ0v) is 20.6. The van der Waals surface area contributed by atoms with Gasteiger partial charge in [0.05, 0.1) is 22.9 Å². The Balaban J connectivity index is 1.51. The van der Waals surface area contributed by atoms with Gasteiger partial charge < -0.3 is 10.1 Å². The van der Waals surface area contributed by atoms with Crippen LogP contribution in [0.2, 0.25) is 0 Å². The molecule has 1 N–H and O–H groups in total. The Labute approximate surface area is 198 Å². The lowest BCUT2D eigenvalue weighted by Gasteiger charge is -2.36. The molecule has 1 fully saturated rings. The number of benzene rings is 2. The zero-order chi connectivity index (χ0) is 23.6. The highest BCUT2D eigenvalue weighted by molar-refractivity contribution is 7.89. The van der Waals surface area contributed by atoms with Gasteiger partial charge in [-0.2, -0.15) is 4.31 Å². The van der Waals surface area contributed by atoms with Crippen LogP contribution >= 0.6 is 11.3 Å². The second-order valence-electron chi connectivity index (χ2n) is 7.91. The highest BCUT2D eigenvalue weighted by Gasteiger charge is 2.33. The van der Waals surface area contributed by atoms with E-state index >= 15 is 0 Å². The molecule has 1 aliphatic heterocycles. The van der Waals surface area contributed by atoms with Crippen LogP contribution in [0.4, 0.5) is 5.69 Å². The number of nitrogens with zero attached hydrogens (tertiary/aromatic N) is 3. The van der Waals surface area contributed by atoms with Crippen LogP contribution in [0.1, 0.15) is 31.8 Å². The molecule has 0 radical (unpaired) electrons. The molecule has 0 bridgehead atoms. The van der Waals surface area contributed by atoms with Crippen LogP contribution in [-0.2, 0) is 14.8 Å². The van der Waals surface area contributed by atoms with Crippen LogP contribution in [0.3, 0.4) is 0 Å². The Hall–Kier alpha value is -2.53. The van der Waals surface area contributed by atoms with Gasteiger partial charge in [0.2, 0.25) is 15.9 Å². The van der Waals surface area contributed by atoms with Gasteiger partial charge in [-0.05, 0) is 44.2 Å². The summed E-state index contributed by atoms with van der Waals surface area (Å²) in [7, 11) is -3.79. The zero-order valence-electron chi connectivity index (χ0n) is 18.9. The number of amides is 1. The normalized spacial score (nSPS) is 16.6. The summed E-state index contributed by atoms with van der Waals surface area (Å²) in [6.07, 6.45) is 0. The molecule has 2 heterocycles. The summed E-state index contributed by atoms with van der Waals surface area (Å²) in [6, 6.07) is 12.9. The van der Waals surface area contributed by atoms with Crippen LogP contribution in [0.5, 0.6) is 5.75 Å². The van der Waals surface area contributed by atoms with Crippen molar-refractivity contribution in [2.24, 2.45) is 0 Å². The van der Waals surface area contributed by atoms with E-state index in [1.165, 1.54) is 17.3 Å². The van der Waals surface area contributed by atoms with Crippen molar-refractivity contribution in [3.05, 3.63) is 47.5 Å². The number of fused-ring (bicyclic) bond motifs is 1. The van der Waals surface area contributed by atoms with Crippen molar-refractivity contribution in [3.63, 3.8) is 0 Å². The number of piperazine rings is 1. The third-order valence-electron chi connectivity index (χ3n) is 5.67. The molecule has 10 heteroatoms. The Morgan fingerprint density at radius 3 is 2.58 bits per heavy atom. The number of sulfonamides is 1. The Kier molecular flexibility index (Phi) is 6.99. The van der Waals surface area contributed by atoms with E-state index < -0.39 is 10.0 Å². The van der Waals surface area contributed by atoms with Gasteiger partial charge in [-0.15, -0.1) is 11.3 Å². The molecular formula is C23H28N4O4S2. The Bertz CT molecular complexity index is 1220. The molecule has 1 amide bonds. The first-order chi connectivity index (χ1) is 15.8. The minimum absolute atomic E-state index is 0.0725. The Morgan fingerprint density at radius 1 is 1.18 bits per heavy atom. The molecule has 2 aromatic carbocycles. The van der Waals surface area contributed by atoms with Gasteiger partial charge in [0, 0.05) is 38.8 Å². The minimum atomic E-state index is -3.79. The van der Waals surface area contributed by atoms with E-state index in [-0.39, 0.29) is 22.6 Å². The van der Waals surface area contributed by atoms with Gasteiger partial charge >= 0.3 is 0 Å². The molecule has 0 saturated carbocycles. The molecule has 33 heavy (non-hydrogen) atoms. The van der Waals surface area contributed by atoms with Crippen LogP contribution < -0.4 is 10.1 Å². The van der Waals surface area contributed by atoms with Gasteiger partial charge in [0.15, 0.2) is 0 Å². The molecule has 1 saturated heterocycles. The van der Waals surface area contributed by atoms with Crippen molar-refractivity contribution in [3.8, 4) is 5.75 Å². The van der Waals surface area contributed by atoms with E-state index in [9.17, 15) is 13.2 Å². The van der Waals surface area contributed by atoms with E-state index in [1.54, 1.807) is 30.4 Å². The lowest BCUT2D eigenvalue weighted by atomic mass is 10.2. The number of anilines is 1. The van der Waals surface area contributed by atoms with Crippen LogP contribution in [0.25, 0.3) is 10.2 Å². The van der Waals surface area contributed by atoms with Crippen molar-refractivity contribution < 1.29 is 17.9 Å². The number of rotatable bonds is 7. The molecule has 1 aliphatic rings. The van der Waals surface area contributed by atoms with E-state index in [0.717, 1.165) is 15.2 Å². The monoisotopic (exact) mass is 488 g/mol. The van der Waals surface area contributed by atoms with Crippen LogP contribution in [0.15, 0.2) is 47.4 Å². The predicted octanol–water partition coefficient (Wildman–Crippen LogP) is 3.72. The summed E-state index contributed by atoms with van der Waals surface area (Å²) < 4.78 is 35.2. The number of carbonyl (C=O) groups is 1. The maximum atomic E-state index is 13.5. The molecule has 0 aliphatic carbocycles. The molecular weight excluding hydrogens is 460 g/mol. The topological polar surface area (TPSA) is 91.8 Å². The second-order valence-corrected chi connectivity index (χ2v) is 10.9. The van der Waals surface area contributed by atoms with Crippen molar-refractivity contribution in [1.82, 2.24) is 14.2 Å². The highest BCUT2D eigenvalue weighted by atomic mass is 32.2. The first kappa shape index (κ1) is 23.6. The van der Waals surface area contributed by atoms with Crippen molar-refractivity contribution in [1.29, 1.82) is 0 Å². The number of carbonyl (C=O) groups excluding carboxylic acids is 1. The number of para-hydroxylation sites is 1. The first-order valence-electron chi connectivity index (χ1n) is 10.9. The third-order valence-corrected chi connectivity index (χ3v) is 8.80. The lowest BCUT2D eigenvalue weighted by Crippen LogP contribution is -2.49. The summed E-state index contributed by atoms with van der Waals surface area (Å²) in [5.41, 5.74) is 1.42. The number of thiazole rings is 1. The average Bonchev–Trinajstić information content (AvgIpc) is 3.24. The third kappa shape index (κ3) is 5.03. The largest absolute Gasteiger partial charge is 0.492 e. The van der Waals surface area contributed by atoms with Crippen molar-refractivity contribution in [2.75, 3.05) is 38.1 Å². The van der Waals surface area contributed by atoms with Gasteiger partial charge in [0.1, 0.15) is 15.7 Å². The number of nitrogens with one attached hydrogen (secondary N) is 1. The average molecular weight is 489 g/mol. The fourth-order valence-electron chi connectivity index (χ4n) is 3.96. The molecule has 8 nitrogen and oxygen atoms in total. The molecule has 0 spiro atoms. The quantitative estimate of drug-likeness (QED) is 0.545. The number of aromatic nitrogens is 1. The SMILES string of the molecule is CCOc1ccc(NC(C)=O)cc1S(=O)(=O)N1CCN(C(C)c2nc3ccccc3s2)CC1. The van der Waals surface area contributed by atoms with Gasteiger partial charge in [0.25, 0.3) is 0 Å². The van der Waals surface area contributed by atoms with E-state index in [2.05, 4.69) is 23.2 Å². The number of hydrogen-bond donors (Lipinski definition) is 1. The van der Waals surface area contributed by atoms with E-state index in [0.29, 0.717) is 38.5 Å². The van der Waals surface area contributed by atoms with Crippen molar-refractivity contribution >= 4 is 43.2 Å². The highest BCUT2D eigenvalue weighted by Crippen LogP contribution is 2.33. The molecule has 1 atom stereocenters. The molecule has 1 unspecified atom stereocenters. The number of ether oxygens (including phenoxy) is 1. The lowest BCUT2D eigenvalue weighted by molar-refractivity contribution is -0.114. The van der Waals surface area contributed by atoms with Crippen molar-refractivity contribution in [2.45, 2.75) is 31.7 Å². The predicted molar refractivity (Wildman–Crippen MR) is 130 cm³/mol. The smallest absolute Gasteiger partial charge is 0.246 e. The molecule has 1 aromatic heterocycles. The first-order valence-corrected chi connectivity index (χ1v) is 13.2. The van der Waals surface area contributed by atoms with Gasteiger partial charge in [-0.3, -0.25) is 9.69 Å². The molecule has 176 valence electrons. The fourth-order valence-corrected chi connectivity index (χ4v) is 6.59. The maximum absolute atomic E-state index is 13.5. The standard InChI is InChI=1S/C23H28N4O4S2/c1-4-31-20-10-9-18(24-17(3)28)15-22(20)33(29,30)27-13-11-26(12-14-27)16(2)23-25-19-7-5-6-8-21(19)32-23/h5-10,15-16H,4,11-14H2,1-3H3,(H,24,28). The summed E-state index contributed by atoms with van der Waals surface area (Å²) >= 11 is 1.68. The molecule has 4 rings (SSSR count). The summed E-state index contributed by atoms with van der Waals surface area (Å²) in [5, 5.41) is 3.69. The van der Waals surface area contributed by atoms with E-state index in [1.807, 2.05) is 18.2 Å². The fraction of sp³-hybridized carbons (Fsp3) is 0.391.